The van der Waals surface area contributed by atoms with Gasteiger partial charge in [-0.2, -0.15) is 0 Å². The highest BCUT2D eigenvalue weighted by Crippen LogP contribution is 2.33. The highest BCUT2D eigenvalue weighted by atomic mass is 32.2. The van der Waals surface area contributed by atoms with Crippen LogP contribution in [0.5, 0.6) is 0 Å². The van der Waals surface area contributed by atoms with Crippen LogP contribution in [-0.2, 0) is 6.61 Å². The average Bonchev–Trinajstić information content (AvgIpc) is 2.06. The smallest absolute Gasteiger partial charge is 0.137 e. The zero-order chi connectivity index (χ0) is 10.8. The molecule has 0 spiro atoms. The Kier molecular flexibility index (Phi) is 3.56. The predicted molar refractivity (Wildman–Crippen MR) is 57.9 cm³/mol. The lowest BCUT2D eigenvalue weighted by atomic mass is 10.2. The first-order valence-electron chi connectivity index (χ1n) is 4.51. The van der Waals surface area contributed by atoms with Crippen LogP contribution >= 0.6 is 11.8 Å². The third kappa shape index (κ3) is 3.31. The molecule has 1 N–H and O–H groups in total. The Hall–Kier alpha value is -0.540. The second-order valence-corrected chi connectivity index (χ2v) is 6.01. The maximum absolute atomic E-state index is 13.4. The molecule has 0 heterocycles. The zero-order valence-electron chi connectivity index (χ0n) is 8.67. The summed E-state index contributed by atoms with van der Waals surface area (Å²) in [5.74, 6) is -0.253. The summed E-state index contributed by atoms with van der Waals surface area (Å²) < 4.78 is 13.4. The van der Waals surface area contributed by atoms with E-state index in [1.165, 1.54) is 17.8 Å². The summed E-state index contributed by atoms with van der Waals surface area (Å²) in [6.45, 7) is 6.00. The van der Waals surface area contributed by atoms with Crippen molar-refractivity contribution in [1.82, 2.24) is 0 Å². The molecule has 0 atom stereocenters. The van der Waals surface area contributed by atoms with E-state index in [4.69, 9.17) is 5.11 Å². The molecular formula is C11H15FOS. The standard InChI is InChI=1S/C11H15FOS/c1-11(2,3)14-10-5-4-8(7-13)6-9(10)12/h4-6,13H,7H2,1-3H3. The van der Waals surface area contributed by atoms with E-state index < -0.39 is 0 Å². The van der Waals surface area contributed by atoms with Gasteiger partial charge in [0.05, 0.1) is 6.61 Å². The van der Waals surface area contributed by atoms with Gasteiger partial charge >= 0.3 is 0 Å². The lowest BCUT2D eigenvalue weighted by Crippen LogP contribution is -2.07. The van der Waals surface area contributed by atoms with Crippen LogP contribution in [0.3, 0.4) is 0 Å². The topological polar surface area (TPSA) is 20.2 Å². The van der Waals surface area contributed by atoms with Gasteiger partial charge in [0, 0.05) is 9.64 Å². The molecule has 0 aliphatic carbocycles. The molecule has 0 saturated carbocycles. The highest BCUT2D eigenvalue weighted by molar-refractivity contribution is 8.00. The summed E-state index contributed by atoms with van der Waals surface area (Å²) in [6.07, 6.45) is 0. The van der Waals surface area contributed by atoms with Gasteiger partial charge in [-0.15, -0.1) is 11.8 Å². The second-order valence-electron chi connectivity index (χ2n) is 4.14. The van der Waals surface area contributed by atoms with E-state index >= 15 is 0 Å². The van der Waals surface area contributed by atoms with Gasteiger partial charge in [-0.25, -0.2) is 4.39 Å². The minimum atomic E-state index is -0.253. The molecule has 1 rings (SSSR count). The summed E-state index contributed by atoms with van der Waals surface area (Å²) in [4.78, 5) is 0.634. The fourth-order valence-corrected chi connectivity index (χ4v) is 2.01. The lowest BCUT2D eigenvalue weighted by Gasteiger charge is -2.18. The summed E-state index contributed by atoms with van der Waals surface area (Å²) in [7, 11) is 0. The molecule has 0 bridgehead atoms. The predicted octanol–water partition coefficient (Wildman–Crippen LogP) is 3.21. The Morgan fingerprint density at radius 2 is 2.00 bits per heavy atom. The van der Waals surface area contributed by atoms with Crippen molar-refractivity contribution in [2.24, 2.45) is 0 Å². The Morgan fingerprint density at radius 1 is 1.36 bits per heavy atom. The third-order valence-electron chi connectivity index (χ3n) is 1.60. The minimum absolute atomic E-state index is 0.00156. The largest absolute Gasteiger partial charge is 0.392 e. The zero-order valence-corrected chi connectivity index (χ0v) is 9.49. The van der Waals surface area contributed by atoms with Crippen molar-refractivity contribution in [2.45, 2.75) is 37.0 Å². The van der Waals surface area contributed by atoms with E-state index in [1.54, 1.807) is 12.1 Å². The maximum Gasteiger partial charge on any atom is 0.137 e. The van der Waals surface area contributed by atoms with Crippen LogP contribution in [-0.4, -0.2) is 9.85 Å². The molecule has 1 nitrogen and oxygen atoms in total. The average molecular weight is 214 g/mol. The van der Waals surface area contributed by atoms with E-state index in [2.05, 4.69) is 0 Å². The van der Waals surface area contributed by atoms with E-state index in [1.807, 2.05) is 20.8 Å². The van der Waals surface area contributed by atoms with Crippen LogP contribution in [0, 0.1) is 5.82 Å². The van der Waals surface area contributed by atoms with E-state index in [0.717, 1.165) is 0 Å². The van der Waals surface area contributed by atoms with E-state index in [0.29, 0.717) is 10.5 Å². The summed E-state index contributed by atoms with van der Waals surface area (Å²) in [6, 6.07) is 4.85. The van der Waals surface area contributed by atoms with Gasteiger partial charge in [-0.3, -0.25) is 0 Å². The van der Waals surface area contributed by atoms with Gasteiger partial charge in [-0.1, -0.05) is 26.8 Å². The molecule has 0 radical (unpaired) electrons. The number of aliphatic hydroxyl groups is 1. The number of benzene rings is 1. The quantitative estimate of drug-likeness (QED) is 0.763. The molecule has 0 aliphatic heterocycles. The van der Waals surface area contributed by atoms with Crippen molar-refractivity contribution >= 4 is 11.8 Å². The van der Waals surface area contributed by atoms with Crippen molar-refractivity contribution in [3.63, 3.8) is 0 Å². The van der Waals surface area contributed by atoms with Crippen LogP contribution in [0.1, 0.15) is 26.3 Å². The molecule has 0 aliphatic rings. The number of hydrogen-bond acceptors (Lipinski definition) is 2. The summed E-state index contributed by atoms with van der Waals surface area (Å²) >= 11 is 1.49. The first-order chi connectivity index (χ1) is 6.42. The minimum Gasteiger partial charge on any atom is -0.392 e. The molecule has 14 heavy (non-hydrogen) atoms. The monoisotopic (exact) mass is 214 g/mol. The van der Waals surface area contributed by atoms with Gasteiger partial charge in [-0.05, 0) is 17.7 Å². The molecule has 78 valence electrons. The molecule has 0 aromatic heterocycles. The molecule has 0 unspecified atom stereocenters. The summed E-state index contributed by atoms with van der Waals surface area (Å²) in [5.41, 5.74) is 0.612. The normalized spacial score (nSPS) is 11.8. The van der Waals surface area contributed by atoms with Crippen molar-refractivity contribution in [1.29, 1.82) is 0 Å². The molecular weight excluding hydrogens is 199 g/mol. The van der Waals surface area contributed by atoms with E-state index in [9.17, 15) is 4.39 Å². The number of rotatable bonds is 2. The molecule has 0 saturated heterocycles. The molecule has 3 heteroatoms. The van der Waals surface area contributed by atoms with Gasteiger partial charge in [0.15, 0.2) is 0 Å². The first-order valence-corrected chi connectivity index (χ1v) is 5.32. The molecule has 0 fully saturated rings. The van der Waals surface area contributed by atoms with Crippen molar-refractivity contribution in [2.75, 3.05) is 0 Å². The van der Waals surface area contributed by atoms with Gasteiger partial charge in [0.25, 0.3) is 0 Å². The Labute approximate surface area is 88.3 Å². The fourth-order valence-electron chi connectivity index (χ4n) is 1.06. The Morgan fingerprint density at radius 3 is 2.43 bits per heavy atom. The summed E-state index contributed by atoms with van der Waals surface area (Å²) in [5, 5.41) is 8.81. The van der Waals surface area contributed by atoms with E-state index in [-0.39, 0.29) is 17.2 Å². The lowest BCUT2D eigenvalue weighted by molar-refractivity contribution is 0.281. The maximum atomic E-state index is 13.4. The van der Waals surface area contributed by atoms with Gasteiger partial charge in [0.1, 0.15) is 5.82 Å². The Bertz CT molecular complexity index is 318. The highest BCUT2D eigenvalue weighted by Gasteiger charge is 2.14. The number of halogens is 1. The molecule has 1 aromatic carbocycles. The second kappa shape index (κ2) is 4.32. The molecule has 0 amide bonds. The van der Waals surface area contributed by atoms with Crippen molar-refractivity contribution in [3.8, 4) is 0 Å². The SMILES string of the molecule is CC(C)(C)Sc1ccc(CO)cc1F. The van der Waals surface area contributed by atoms with Crippen LogP contribution < -0.4 is 0 Å². The first kappa shape index (κ1) is 11.5. The molecule has 1 aromatic rings. The fraction of sp³-hybridized carbons (Fsp3) is 0.455. The van der Waals surface area contributed by atoms with Crippen LogP contribution in [0.15, 0.2) is 23.1 Å². The van der Waals surface area contributed by atoms with Crippen molar-refractivity contribution in [3.05, 3.63) is 29.6 Å². The third-order valence-corrected chi connectivity index (χ3v) is 2.76. The van der Waals surface area contributed by atoms with Gasteiger partial charge in [0.2, 0.25) is 0 Å². The number of hydrogen-bond donors (Lipinski definition) is 1. The van der Waals surface area contributed by atoms with Crippen LogP contribution in [0.2, 0.25) is 0 Å². The van der Waals surface area contributed by atoms with Crippen LogP contribution in [0.4, 0.5) is 4.39 Å². The number of aliphatic hydroxyl groups excluding tert-OH is 1. The number of thioether (sulfide) groups is 1. The Balaban J connectivity index is 2.89. The van der Waals surface area contributed by atoms with Gasteiger partial charge < -0.3 is 5.11 Å². The van der Waals surface area contributed by atoms with Crippen molar-refractivity contribution < 1.29 is 9.50 Å². The van der Waals surface area contributed by atoms with Crippen LogP contribution in [0.25, 0.3) is 0 Å².